The van der Waals surface area contributed by atoms with E-state index >= 15 is 0 Å². The maximum Gasteiger partial charge on any atom is 0.416 e. The van der Waals surface area contributed by atoms with Crippen LogP contribution in [0.25, 0.3) is 0 Å². The molecule has 0 saturated heterocycles. The summed E-state index contributed by atoms with van der Waals surface area (Å²) in [7, 11) is 0. The third kappa shape index (κ3) is 3.46. The van der Waals surface area contributed by atoms with Gasteiger partial charge >= 0.3 is 6.18 Å². The highest BCUT2D eigenvalue weighted by Crippen LogP contribution is 2.31. The average molecular weight is 258 g/mol. The number of hydrogen-bond donors (Lipinski definition) is 2. The van der Waals surface area contributed by atoms with Crippen LogP contribution in [0.3, 0.4) is 0 Å². The number of rotatable bonds is 5. The predicted molar refractivity (Wildman–Crippen MR) is 64.0 cm³/mol. The van der Waals surface area contributed by atoms with Gasteiger partial charge in [-0.2, -0.15) is 13.2 Å². The molecule has 0 amide bonds. The quantitative estimate of drug-likeness (QED) is 0.852. The van der Waals surface area contributed by atoms with Crippen LogP contribution in [0.1, 0.15) is 30.0 Å². The summed E-state index contributed by atoms with van der Waals surface area (Å²) in [5.41, 5.74) is 5.84. The summed E-state index contributed by atoms with van der Waals surface area (Å²) in [4.78, 5) is 0. The maximum absolute atomic E-state index is 12.4. The van der Waals surface area contributed by atoms with Crippen LogP contribution in [0.4, 0.5) is 13.2 Å². The number of alkyl halides is 3. The van der Waals surface area contributed by atoms with E-state index in [1.807, 2.05) is 0 Å². The highest BCUT2D eigenvalue weighted by atomic mass is 19.4. The Morgan fingerprint density at radius 2 is 1.83 bits per heavy atom. The first-order chi connectivity index (χ1) is 8.50. The van der Waals surface area contributed by atoms with Gasteiger partial charge in [-0.15, -0.1) is 0 Å². The van der Waals surface area contributed by atoms with Crippen LogP contribution in [0, 0.1) is 5.92 Å². The molecule has 0 bridgehead atoms. The van der Waals surface area contributed by atoms with E-state index in [0.29, 0.717) is 12.5 Å². The van der Waals surface area contributed by atoms with Crippen LogP contribution < -0.4 is 11.1 Å². The summed E-state index contributed by atoms with van der Waals surface area (Å²) in [6.45, 7) is 1.28. The van der Waals surface area contributed by atoms with Gasteiger partial charge in [-0.05, 0) is 43.0 Å². The second-order valence-corrected chi connectivity index (χ2v) is 4.76. The molecule has 0 heterocycles. The molecule has 1 saturated carbocycles. The lowest BCUT2D eigenvalue weighted by Crippen LogP contribution is -2.29. The Bertz CT molecular complexity index is 382. The van der Waals surface area contributed by atoms with Crippen LogP contribution >= 0.6 is 0 Å². The van der Waals surface area contributed by atoms with E-state index in [1.165, 1.54) is 25.0 Å². The number of benzene rings is 1. The van der Waals surface area contributed by atoms with E-state index < -0.39 is 11.7 Å². The molecule has 1 fully saturated rings. The highest BCUT2D eigenvalue weighted by molar-refractivity contribution is 5.27. The van der Waals surface area contributed by atoms with Crippen molar-refractivity contribution in [2.75, 3.05) is 13.1 Å². The van der Waals surface area contributed by atoms with Gasteiger partial charge in [0.2, 0.25) is 0 Å². The van der Waals surface area contributed by atoms with E-state index in [4.69, 9.17) is 5.73 Å². The highest BCUT2D eigenvalue weighted by Gasteiger charge is 2.30. The minimum absolute atomic E-state index is 0.0621. The fourth-order valence-corrected chi connectivity index (χ4v) is 1.87. The molecule has 0 aliphatic heterocycles. The Hall–Kier alpha value is -1.07. The Morgan fingerprint density at radius 3 is 2.28 bits per heavy atom. The van der Waals surface area contributed by atoms with Crippen LogP contribution in [-0.2, 0) is 6.18 Å². The zero-order valence-corrected chi connectivity index (χ0v) is 10.0. The lowest BCUT2D eigenvalue weighted by atomic mass is 10.0. The molecule has 1 aliphatic rings. The predicted octanol–water partition coefficient (Wildman–Crippen LogP) is 2.70. The summed E-state index contributed by atoms with van der Waals surface area (Å²) in [6.07, 6.45) is -1.81. The molecule has 2 rings (SSSR count). The third-order valence-electron chi connectivity index (χ3n) is 3.23. The van der Waals surface area contributed by atoms with E-state index in [-0.39, 0.29) is 6.04 Å². The fourth-order valence-electron chi connectivity index (χ4n) is 1.87. The van der Waals surface area contributed by atoms with Crippen molar-refractivity contribution < 1.29 is 13.2 Å². The summed E-state index contributed by atoms with van der Waals surface area (Å²) < 4.78 is 37.3. The number of nitrogens with two attached hydrogens (primary N) is 1. The molecule has 0 radical (unpaired) electrons. The van der Waals surface area contributed by atoms with Gasteiger partial charge in [-0.3, -0.25) is 0 Å². The van der Waals surface area contributed by atoms with Gasteiger partial charge in [0.15, 0.2) is 0 Å². The van der Waals surface area contributed by atoms with Crippen molar-refractivity contribution in [2.45, 2.75) is 25.1 Å². The van der Waals surface area contributed by atoms with Crippen LogP contribution in [0.5, 0.6) is 0 Å². The molecular weight excluding hydrogens is 241 g/mol. The van der Waals surface area contributed by atoms with Crippen molar-refractivity contribution in [1.29, 1.82) is 0 Å². The van der Waals surface area contributed by atoms with Gasteiger partial charge in [-0.1, -0.05) is 12.1 Å². The Labute approximate surface area is 104 Å². The van der Waals surface area contributed by atoms with Crippen LogP contribution in [0.2, 0.25) is 0 Å². The Morgan fingerprint density at radius 1 is 1.22 bits per heavy atom. The van der Waals surface area contributed by atoms with Gasteiger partial charge in [0.25, 0.3) is 0 Å². The van der Waals surface area contributed by atoms with Gasteiger partial charge < -0.3 is 11.1 Å². The number of hydrogen-bond acceptors (Lipinski definition) is 2. The fraction of sp³-hybridized carbons (Fsp3) is 0.538. The van der Waals surface area contributed by atoms with Crippen LogP contribution in [0.15, 0.2) is 24.3 Å². The van der Waals surface area contributed by atoms with Crippen molar-refractivity contribution in [3.8, 4) is 0 Å². The van der Waals surface area contributed by atoms with Crippen LogP contribution in [-0.4, -0.2) is 13.1 Å². The molecule has 3 N–H and O–H groups in total. The molecule has 1 aromatic rings. The summed E-state index contributed by atoms with van der Waals surface area (Å²) >= 11 is 0. The first-order valence-electron chi connectivity index (χ1n) is 6.11. The number of nitrogens with one attached hydrogen (secondary N) is 1. The largest absolute Gasteiger partial charge is 0.416 e. The topological polar surface area (TPSA) is 38.0 Å². The zero-order valence-electron chi connectivity index (χ0n) is 10.0. The van der Waals surface area contributed by atoms with Crippen molar-refractivity contribution in [3.63, 3.8) is 0 Å². The summed E-state index contributed by atoms with van der Waals surface area (Å²) in [6, 6.07) is 5.15. The monoisotopic (exact) mass is 258 g/mol. The standard InChI is InChI=1S/C13H17F3N2/c14-13(15,16)11-5-3-10(4-6-11)12(7-17)18-8-9-1-2-9/h3-6,9,12,18H,1-2,7-8,17H2. The van der Waals surface area contributed by atoms with Crippen molar-refractivity contribution in [2.24, 2.45) is 11.7 Å². The number of halogens is 3. The molecule has 1 atom stereocenters. The lowest BCUT2D eigenvalue weighted by Gasteiger charge is -2.18. The zero-order chi connectivity index (χ0) is 13.2. The van der Waals surface area contributed by atoms with Gasteiger partial charge in [0.1, 0.15) is 0 Å². The first kappa shape index (κ1) is 13.4. The average Bonchev–Trinajstić information content (AvgIpc) is 3.13. The normalized spacial score (nSPS) is 17.8. The van der Waals surface area contributed by atoms with Gasteiger partial charge in [0, 0.05) is 12.6 Å². The second kappa shape index (κ2) is 5.28. The molecule has 0 aromatic heterocycles. The van der Waals surface area contributed by atoms with Crippen molar-refractivity contribution >= 4 is 0 Å². The molecule has 5 heteroatoms. The van der Waals surface area contributed by atoms with Gasteiger partial charge in [0.05, 0.1) is 5.56 Å². The molecule has 1 aromatic carbocycles. The van der Waals surface area contributed by atoms with E-state index in [2.05, 4.69) is 5.32 Å². The summed E-state index contributed by atoms with van der Waals surface area (Å²) in [5, 5.41) is 3.30. The van der Waals surface area contributed by atoms with Crippen molar-refractivity contribution in [1.82, 2.24) is 5.32 Å². The summed E-state index contributed by atoms with van der Waals surface area (Å²) in [5.74, 6) is 0.716. The first-order valence-corrected chi connectivity index (χ1v) is 6.11. The Balaban J connectivity index is 2.01. The minimum atomic E-state index is -4.28. The van der Waals surface area contributed by atoms with E-state index in [9.17, 15) is 13.2 Å². The second-order valence-electron chi connectivity index (χ2n) is 4.76. The maximum atomic E-state index is 12.4. The smallest absolute Gasteiger partial charge is 0.329 e. The molecule has 2 nitrogen and oxygen atoms in total. The third-order valence-corrected chi connectivity index (χ3v) is 3.23. The van der Waals surface area contributed by atoms with E-state index in [0.717, 1.165) is 24.2 Å². The SMILES string of the molecule is NCC(NCC1CC1)c1ccc(C(F)(F)F)cc1. The lowest BCUT2D eigenvalue weighted by molar-refractivity contribution is -0.137. The molecule has 1 unspecified atom stereocenters. The molecule has 0 spiro atoms. The Kier molecular flexibility index (Phi) is 3.92. The molecule has 18 heavy (non-hydrogen) atoms. The molecular formula is C13H17F3N2. The van der Waals surface area contributed by atoms with Crippen molar-refractivity contribution in [3.05, 3.63) is 35.4 Å². The van der Waals surface area contributed by atoms with E-state index in [1.54, 1.807) is 0 Å². The van der Waals surface area contributed by atoms with Gasteiger partial charge in [-0.25, -0.2) is 0 Å². The molecule has 100 valence electrons. The minimum Gasteiger partial charge on any atom is -0.329 e. The molecule has 1 aliphatic carbocycles.